The first-order valence-corrected chi connectivity index (χ1v) is 3.52. The van der Waals surface area contributed by atoms with E-state index in [-0.39, 0.29) is 5.78 Å². The molecule has 0 rings (SSSR count). The lowest BCUT2D eigenvalue weighted by molar-refractivity contribution is -0.117. The Labute approximate surface area is 61.8 Å². The van der Waals surface area contributed by atoms with Gasteiger partial charge >= 0.3 is 0 Å². The zero-order valence-electron chi connectivity index (χ0n) is 6.64. The van der Waals surface area contributed by atoms with Gasteiger partial charge in [-0.05, 0) is 0 Å². The predicted octanol–water partition coefficient (Wildman–Crippen LogP) is 0.201. The van der Waals surface area contributed by atoms with E-state index in [0.717, 1.165) is 6.54 Å². The van der Waals surface area contributed by atoms with E-state index >= 15 is 0 Å². The Hall–Kier alpha value is -0.410. The number of rotatable bonds is 6. The summed E-state index contributed by atoms with van der Waals surface area (Å²) in [6.07, 6.45) is 0.611. The lowest BCUT2D eigenvalue weighted by atomic mass is 10.3. The van der Waals surface area contributed by atoms with Crippen molar-refractivity contribution in [2.45, 2.75) is 13.3 Å². The van der Waals surface area contributed by atoms with Crippen molar-refractivity contribution in [3.05, 3.63) is 0 Å². The molecule has 0 fully saturated rings. The van der Waals surface area contributed by atoms with Gasteiger partial charge in [0.05, 0.1) is 13.2 Å². The fourth-order valence-corrected chi connectivity index (χ4v) is 0.527. The van der Waals surface area contributed by atoms with Gasteiger partial charge in [-0.15, -0.1) is 0 Å². The number of carbonyl (C=O) groups excluding carboxylic acids is 1. The van der Waals surface area contributed by atoms with Crippen LogP contribution in [0, 0.1) is 0 Å². The van der Waals surface area contributed by atoms with Crippen molar-refractivity contribution >= 4 is 5.78 Å². The highest BCUT2D eigenvalue weighted by atomic mass is 16.5. The van der Waals surface area contributed by atoms with E-state index in [1.165, 1.54) is 0 Å². The number of hydrogen-bond acceptors (Lipinski definition) is 3. The summed E-state index contributed by atoms with van der Waals surface area (Å²) in [6.45, 7) is 3.75. The highest BCUT2D eigenvalue weighted by Gasteiger charge is 1.94. The van der Waals surface area contributed by atoms with Crippen LogP contribution in [0.4, 0.5) is 0 Å². The van der Waals surface area contributed by atoms with Crippen molar-refractivity contribution in [2.75, 3.05) is 26.8 Å². The SMILES string of the molecule is CCC(=O)CNCCOC. The Bertz CT molecular complexity index is 93.6. The molecule has 0 radical (unpaired) electrons. The fourth-order valence-electron chi connectivity index (χ4n) is 0.527. The van der Waals surface area contributed by atoms with Gasteiger partial charge in [0.15, 0.2) is 0 Å². The second kappa shape index (κ2) is 6.71. The van der Waals surface area contributed by atoms with Crippen molar-refractivity contribution in [1.29, 1.82) is 0 Å². The Kier molecular flexibility index (Phi) is 6.43. The lowest BCUT2D eigenvalue weighted by Crippen LogP contribution is -2.25. The minimum atomic E-state index is 0.246. The van der Waals surface area contributed by atoms with Gasteiger partial charge in [0.2, 0.25) is 0 Å². The Balaban J connectivity index is 2.96. The number of hydrogen-bond donors (Lipinski definition) is 1. The molecule has 0 heterocycles. The highest BCUT2D eigenvalue weighted by Crippen LogP contribution is 1.76. The van der Waals surface area contributed by atoms with E-state index in [0.29, 0.717) is 19.6 Å². The van der Waals surface area contributed by atoms with Gasteiger partial charge in [-0.2, -0.15) is 0 Å². The first-order chi connectivity index (χ1) is 4.81. The van der Waals surface area contributed by atoms with Gasteiger partial charge in [0.1, 0.15) is 5.78 Å². The average molecular weight is 145 g/mol. The minimum absolute atomic E-state index is 0.246. The Morgan fingerprint density at radius 2 is 2.30 bits per heavy atom. The number of nitrogens with one attached hydrogen (secondary N) is 1. The summed E-state index contributed by atoms with van der Waals surface area (Å²) in [6, 6.07) is 0. The van der Waals surface area contributed by atoms with Gasteiger partial charge in [0, 0.05) is 20.1 Å². The summed E-state index contributed by atoms with van der Waals surface area (Å²) in [5.41, 5.74) is 0. The second-order valence-electron chi connectivity index (χ2n) is 2.06. The summed E-state index contributed by atoms with van der Waals surface area (Å²) in [5.74, 6) is 0.246. The maximum Gasteiger partial charge on any atom is 0.146 e. The summed E-state index contributed by atoms with van der Waals surface area (Å²) in [5, 5.41) is 2.96. The van der Waals surface area contributed by atoms with Crippen LogP contribution in [0.25, 0.3) is 0 Å². The third kappa shape index (κ3) is 5.72. The number of Topliss-reactive ketones (excluding diaryl/α,β-unsaturated/α-hetero) is 1. The van der Waals surface area contributed by atoms with Gasteiger partial charge in [-0.25, -0.2) is 0 Å². The number of carbonyl (C=O) groups is 1. The number of ketones is 1. The molecule has 0 aromatic carbocycles. The summed E-state index contributed by atoms with van der Waals surface area (Å²) < 4.78 is 4.78. The Morgan fingerprint density at radius 3 is 2.80 bits per heavy atom. The van der Waals surface area contributed by atoms with Crippen LogP contribution in [0.3, 0.4) is 0 Å². The summed E-state index contributed by atoms with van der Waals surface area (Å²) in [7, 11) is 1.64. The highest BCUT2D eigenvalue weighted by molar-refractivity contribution is 5.79. The molecular formula is C7H15NO2. The van der Waals surface area contributed by atoms with Crippen LogP contribution in [0.2, 0.25) is 0 Å². The van der Waals surface area contributed by atoms with E-state index < -0.39 is 0 Å². The molecule has 0 unspecified atom stereocenters. The van der Waals surface area contributed by atoms with Crippen LogP contribution in [0.1, 0.15) is 13.3 Å². The topological polar surface area (TPSA) is 38.3 Å². The zero-order chi connectivity index (χ0) is 7.82. The largest absolute Gasteiger partial charge is 0.383 e. The molecule has 0 spiro atoms. The quantitative estimate of drug-likeness (QED) is 0.543. The Morgan fingerprint density at radius 1 is 1.60 bits per heavy atom. The van der Waals surface area contributed by atoms with Gasteiger partial charge in [0.25, 0.3) is 0 Å². The third-order valence-corrected chi connectivity index (χ3v) is 1.20. The van der Waals surface area contributed by atoms with Crippen molar-refractivity contribution in [3.8, 4) is 0 Å². The molecule has 0 bridgehead atoms. The molecule has 0 saturated carbocycles. The van der Waals surface area contributed by atoms with Crippen LogP contribution in [-0.4, -0.2) is 32.6 Å². The van der Waals surface area contributed by atoms with Crippen LogP contribution in [0.15, 0.2) is 0 Å². The smallest absolute Gasteiger partial charge is 0.146 e. The van der Waals surface area contributed by atoms with Crippen molar-refractivity contribution in [3.63, 3.8) is 0 Å². The standard InChI is InChI=1S/C7H15NO2/c1-3-7(9)6-8-4-5-10-2/h8H,3-6H2,1-2H3. The summed E-state index contributed by atoms with van der Waals surface area (Å²) in [4.78, 5) is 10.7. The van der Waals surface area contributed by atoms with E-state index in [1.54, 1.807) is 7.11 Å². The van der Waals surface area contributed by atoms with Gasteiger partial charge in [-0.3, -0.25) is 4.79 Å². The molecule has 0 saturated heterocycles. The number of methoxy groups -OCH3 is 1. The monoisotopic (exact) mass is 145 g/mol. The molecule has 0 aromatic heterocycles. The normalized spacial score (nSPS) is 9.80. The molecule has 0 atom stereocenters. The van der Waals surface area contributed by atoms with Crippen molar-refractivity contribution in [2.24, 2.45) is 0 Å². The van der Waals surface area contributed by atoms with Crippen LogP contribution in [-0.2, 0) is 9.53 Å². The van der Waals surface area contributed by atoms with Crippen LogP contribution in [0.5, 0.6) is 0 Å². The predicted molar refractivity (Wildman–Crippen MR) is 40.0 cm³/mol. The summed E-state index contributed by atoms with van der Waals surface area (Å²) >= 11 is 0. The maximum absolute atomic E-state index is 10.7. The second-order valence-corrected chi connectivity index (χ2v) is 2.06. The molecule has 3 heteroatoms. The molecule has 60 valence electrons. The first kappa shape index (κ1) is 9.59. The molecule has 0 aromatic rings. The molecule has 0 aliphatic rings. The molecular weight excluding hydrogens is 130 g/mol. The van der Waals surface area contributed by atoms with E-state index in [2.05, 4.69) is 5.32 Å². The first-order valence-electron chi connectivity index (χ1n) is 3.52. The van der Waals surface area contributed by atoms with E-state index in [9.17, 15) is 4.79 Å². The zero-order valence-corrected chi connectivity index (χ0v) is 6.64. The van der Waals surface area contributed by atoms with Gasteiger partial charge in [-0.1, -0.05) is 6.92 Å². The minimum Gasteiger partial charge on any atom is -0.383 e. The van der Waals surface area contributed by atoms with Crippen molar-refractivity contribution < 1.29 is 9.53 Å². The van der Waals surface area contributed by atoms with Crippen LogP contribution >= 0.6 is 0 Å². The average Bonchev–Trinajstić information content (AvgIpc) is 1.98. The molecule has 10 heavy (non-hydrogen) atoms. The molecule has 0 aliphatic carbocycles. The van der Waals surface area contributed by atoms with Crippen LogP contribution < -0.4 is 5.32 Å². The number of ether oxygens (including phenoxy) is 1. The molecule has 0 aliphatic heterocycles. The van der Waals surface area contributed by atoms with Crippen molar-refractivity contribution in [1.82, 2.24) is 5.32 Å². The molecule has 3 nitrogen and oxygen atoms in total. The lowest BCUT2D eigenvalue weighted by Gasteiger charge is -2.00. The van der Waals surface area contributed by atoms with Gasteiger partial charge < -0.3 is 10.1 Å². The molecule has 1 N–H and O–H groups in total. The molecule has 0 amide bonds. The van der Waals surface area contributed by atoms with E-state index in [1.807, 2.05) is 6.92 Å². The van der Waals surface area contributed by atoms with E-state index in [4.69, 9.17) is 4.74 Å². The fraction of sp³-hybridized carbons (Fsp3) is 0.857. The third-order valence-electron chi connectivity index (χ3n) is 1.20. The maximum atomic E-state index is 10.7.